The van der Waals surface area contributed by atoms with Gasteiger partial charge in [0.15, 0.2) is 0 Å². The van der Waals surface area contributed by atoms with Gasteiger partial charge in [-0.1, -0.05) is 6.92 Å². The van der Waals surface area contributed by atoms with Crippen LogP contribution >= 0.6 is 11.8 Å². The second-order valence-corrected chi connectivity index (χ2v) is 5.79. The summed E-state index contributed by atoms with van der Waals surface area (Å²) in [6.45, 7) is 6.03. The first-order valence-corrected chi connectivity index (χ1v) is 8.44. The Bertz CT molecular complexity index is 570. The topological polar surface area (TPSA) is 34.2 Å². The molecule has 21 heavy (non-hydrogen) atoms. The van der Waals surface area contributed by atoms with Gasteiger partial charge in [-0.05, 0) is 62.0 Å². The number of ether oxygens (including phenoxy) is 1. The van der Waals surface area contributed by atoms with Crippen LogP contribution in [0.5, 0.6) is 11.6 Å². The SMILES string of the molecule is CCCNCc1cc(C)nc(Oc2ccc(SC)cc2)c1. The van der Waals surface area contributed by atoms with Crippen LogP contribution < -0.4 is 10.1 Å². The number of nitrogens with zero attached hydrogens (tertiary/aromatic N) is 1. The van der Waals surface area contributed by atoms with E-state index in [0.717, 1.165) is 31.0 Å². The number of aryl methyl sites for hydroxylation is 1. The minimum atomic E-state index is 0.653. The van der Waals surface area contributed by atoms with Crippen molar-refractivity contribution in [2.45, 2.75) is 31.7 Å². The molecular formula is C17H22N2OS. The molecule has 2 rings (SSSR count). The highest BCUT2D eigenvalue weighted by molar-refractivity contribution is 7.98. The van der Waals surface area contributed by atoms with Crippen molar-refractivity contribution in [3.8, 4) is 11.6 Å². The fourth-order valence-corrected chi connectivity index (χ4v) is 2.44. The molecule has 0 unspecified atom stereocenters. The molecule has 2 aromatic rings. The molecule has 0 fully saturated rings. The number of hydrogen-bond acceptors (Lipinski definition) is 4. The van der Waals surface area contributed by atoms with Crippen molar-refractivity contribution in [2.24, 2.45) is 0 Å². The molecule has 0 aliphatic heterocycles. The van der Waals surface area contributed by atoms with Gasteiger partial charge in [0, 0.05) is 23.2 Å². The highest BCUT2D eigenvalue weighted by Gasteiger charge is 2.03. The van der Waals surface area contributed by atoms with Crippen molar-refractivity contribution in [2.75, 3.05) is 12.8 Å². The van der Waals surface area contributed by atoms with Gasteiger partial charge >= 0.3 is 0 Å². The maximum absolute atomic E-state index is 5.86. The molecule has 1 aromatic heterocycles. The van der Waals surface area contributed by atoms with Gasteiger partial charge in [0.05, 0.1) is 0 Å². The molecule has 0 saturated heterocycles. The Kier molecular flexibility index (Phi) is 6.08. The molecular weight excluding hydrogens is 280 g/mol. The molecule has 1 N–H and O–H groups in total. The average Bonchev–Trinajstić information content (AvgIpc) is 2.48. The smallest absolute Gasteiger partial charge is 0.219 e. The highest BCUT2D eigenvalue weighted by Crippen LogP contribution is 2.24. The number of pyridine rings is 1. The first-order chi connectivity index (χ1) is 10.2. The lowest BCUT2D eigenvalue weighted by atomic mass is 10.2. The summed E-state index contributed by atoms with van der Waals surface area (Å²) in [4.78, 5) is 5.67. The van der Waals surface area contributed by atoms with Gasteiger partial charge in [-0.3, -0.25) is 0 Å². The van der Waals surface area contributed by atoms with E-state index >= 15 is 0 Å². The largest absolute Gasteiger partial charge is 0.439 e. The Balaban J connectivity index is 2.07. The maximum atomic E-state index is 5.86. The zero-order valence-electron chi connectivity index (χ0n) is 12.8. The van der Waals surface area contributed by atoms with Crippen LogP contribution in [0.25, 0.3) is 0 Å². The first-order valence-electron chi connectivity index (χ1n) is 7.21. The summed E-state index contributed by atoms with van der Waals surface area (Å²) in [6, 6.07) is 12.2. The Hall–Kier alpha value is -1.52. The van der Waals surface area contributed by atoms with E-state index in [1.54, 1.807) is 11.8 Å². The van der Waals surface area contributed by atoms with Crippen LogP contribution in [0.3, 0.4) is 0 Å². The zero-order chi connectivity index (χ0) is 15.1. The van der Waals surface area contributed by atoms with Crippen LogP contribution in [0, 0.1) is 6.92 Å². The van der Waals surface area contributed by atoms with E-state index in [0.29, 0.717) is 5.88 Å². The highest BCUT2D eigenvalue weighted by atomic mass is 32.2. The standard InChI is InChI=1S/C17H22N2OS/c1-4-9-18-12-14-10-13(2)19-17(11-14)20-15-5-7-16(21-3)8-6-15/h5-8,10-11,18H,4,9,12H2,1-3H3. The van der Waals surface area contributed by atoms with E-state index in [2.05, 4.69) is 41.7 Å². The minimum Gasteiger partial charge on any atom is -0.439 e. The van der Waals surface area contributed by atoms with Gasteiger partial charge in [-0.2, -0.15) is 0 Å². The van der Waals surface area contributed by atoms with Crippen molar-refractivity contribution in [3.05, 3.63) is 47.7 Å². The fraction of sp³-hybridized carbons (Fsp3) is 0.353. The molecule has 0 amide bonds. The van der Waals surface area contributed by atoms with Crippen molar-refractivity contribution >= 4 is 11.8 Å². The predicted octanol–water partition coefficient (Wildman–Crippen LogP) is 4.40. The van der Waals surface area contributed by atoms with Gasteiger partial charge < -0.3 is 10.1 Å². The van der Waals surface area contributed by atoms with E-state index in [1.165, 1.54) is 10.5 Å². The first kappa shape index (κ1) is 15.9. The summed E-state index contributed by atoms with van der Waals surface area (Å²) in [7, 11) is 0. The molecule has 0 atom stereocenters. The van der Waals surface area contributed by atoms with Crippen molar-refractivity contribution < 1.29 is 4.74 Å². The van der Waals surface area contributed by atoms with Crippen molar-refractivity contribution in [1.29, 1.82) is 0 Å². The maximum Gasteiger partial charge on any atom is 0.219 e. The Labute approximate surface area is 131 Å². The van der Waals surface area contributed by atoms with E-state index in [-0.39, 0.29) is 0 Å². The molecule has 4 heteroatoms. The third-order valence-corrected chi connectivity index (χ3v) is 3.77. The fourth-order valence-electron chi connectivity index (χ4n) is 2.04. The van der Waals surface area contributed by atoms with Gasteiger partial charge in [-0.25, -0.2) is 4.98 Å². The van der Waals surface area contributed by atoms with Gasteiger partial charge in [0.25, 0.3) is 0 Å². The lowest BCUT2D eigenvalue weighted by Crippen LogP contribution is -2.14. The van der Waals surface area contributed by atoms with Crippen LogP contribution in [0.4, 0.5) is 0 Å². The van der Waals surface area contributed by atoms with Crippen molar-refractivity contribution in [1.82, 2.24) is 10.3 Å². The predicted molar refractivity (Wildman–Crippen MR) is 89.3 cm³/mol. The van der Waals surface area contributed by atoms with Gasteiger partial charge in [-0.15, -0.1) is 11.8 Å². The average molecular weight is 302 g/mol. The van der Waals surface area contributed by atoms with Crippen molar-refractivity contribution in [3.63, 3.8) is 0 Å². The number of rotatable bonds is 7. The Morgan fingerprint density at radius 1 is 1.19 bits per heavy atom. The summed E-state index contributed by atoms with van der Waals surface area (Å²) in [5.41, 5.74) is 2.17. The van der Waals surface area contributed by atoms with E-state index < -0.39 is 0 Å². The van der Waals surface area contributed by atoms with E-state index in [4.69, 9.17) is 4.74 Å². The molecule has 1 heterocycles. The molecule has 0 bridgehead atoms. The van der Waals surface area contributed by atoms with E-state index in [9.17, 15) is 0 Å². The number of hydrogen-bond donors (Lipinski definition) is 1. The van der Waals surface area contributed by atoms with Crippen LogP contribution in [0.1, 0.15) is 24.6 Å². The van der Waals surface area contributed by atoms with E-state index in [1.807, 2.05) is 25.1 Å². The molecule has 0 spiro atoms. The number of benzene rings is 1. The van der Waals surface area contributed by atoms with Gasteiger partial charge in [0.2, 0.25) is 5.88 Å². The third kappa shape index (κ3) is 5.06. The lowest BCUT2D eigenvalue weighted by Gasteiger charge is -2.09. The number of aromatic nitrogens is 1. The van der Waals surface area contributed by atoms with Crippen LogP contribution in [0.2, 0.25) is 0 Å². The Morgan fingerprint density at radius 3 is 2.62 bits per heavy atom. The summed E-state index contributed by atoms with van der Waals surface area (Å²) in [5, 5.41) is 3.40. The van der Waals surface area contributed by atoms with Crippen LogP contribution in [-0.2, 0) is 6.54 Å². The molecule has 0 radical (unpaired) electrons. The summed E-state index contributed by atoms with van der Waals surface area (Å²) < 4.78 is 5.86. The van der Waals surface area contributed by atoms with Gasteiger partial charge in [0.1, 0.15) is 5.75 Å². The summed E-state index contributed by atoms with van der Waals surface area (Å²) in [5.74, 6) is 1.47. The summed E-state index contributed by atoms with van der Waals surface area (Å²) >= 11 is 1.72. The summed E-state index contributed by atoms with van der Waals surface area (Å²) in [6.07, 6.45) is 3.20. The quantitative estimate of drug-likeness (QED) is 0.607. The monoisotopic (exact) mass is 302 g/mol. The molecule has 112 valence electrons. The molecule has 0 aliphatic rings. The lowest BCUT2D eigenvalue weighted by molar-refractivity contribution is 0.460. The molecule has 1 aromatic carbocycles. The van der Waals surface area contributed by atoms with Crippen LogP contribution in [0.15, 0.2) is 41.3 Å². The normalized spacial score (nSPS) is 10.6. The third-order valence-electron chi connectivity index (χ3n) is 3.03. The molecule has 0 saturated carbocycles. The second kappa shape index (κ2) is 8.05. The second-order valence-electron chi connectivity index (χ2n) is 4.91. The Morgan fingerprint density at radius 2 is 1.95 bits per heavy atom. The number of thioether (sulfide) groups is 1. The number of nitrogens with one attached hydrogen (secondary N) is 1. The zero-order valence-corrected chi connectivity index (χ0v) is 13.7. The molecule has 0 aliphatic carbocycles. The minimum absolute atomic E-state index is 0.653. The van der Waals surface area contributed by atoms with Crippen LogP contribution in [-0.4, -0.2) is 17.8 Å². The molecule has 3 nitrogen and oxygen atoms in total.